The lowest BCUT2D eigenvalue weighted by atomic mass is 9.47. The van der Waals surface area contributed by atoms with Gasteiger partial charge >= 0.3 is 0 Å². The molecule has 4 rings (SSSR count). The lowest BCUT2D eigenvalue weighted by Crippen LogP contribution is -2.50. The molecule has 0 saturated heterocycles. The summed E-state index contributed by atoms with van der Waals surface area (Å²) in [5, 5.41) is 10.5. The highest BCUT2D eigenvalue weighted by molar-refractivity contribution is 6.02. The summed E-state index contributed by atoms with van der Waals surface area (Å²) in [6, 6.07) is 0. The highest BCUT2D eigenvalue weighted by atomic mass is 16.3. The van der Waals surface area contributed by atoms with Gasteiger partial charge in [0.2, 0.25) is 0 Å². The first-order valence-electron chi connectivity index (χ1n) is 29.1. The summed E-state index contributed by atoms with van der Waals surface area (Å²) in [7, 11) is 0. The molecule has 370 valence electrons. The molecule has 4 aliphatic carbocycles. The molecule has 1 N–H and O–H groups in total. The fourth-order valence-corrected chi connectivity index (χ4v) is 14.6. The van der Waals surface area contributed by atoms with Crippen LogP contribution < -0.4 is 0 Å². The predicted octanol–water partition coefficient (Wildman–Crippen LogP) is 18.6. The Morgan fingerprint density at radius 2 is 1.11 bits per heavy atom. The maximum Gasteiger partial charge on any atom is 0.143 e. The van der Waals surface area contributed by atoms with Crippen molar-refractivity contribution in [1.29, 1.82) is 0 Å². The van der Waals surface area contributed by atoms with Crippen LogP contribution in [0.15, 0.2) is 23.8 Å². The number of hydrogen-bond donors (Lipinski definition) is 1. The number of hydrogen-bond acceptors (Lipinski definition) is 3. The molecule has 0 amide bonds. The first-order valence-corrected chi connectivity index (χ1v) is 29.1. The Kier molecular flexibility index (Phi) is 26.8. The molecule has 0 aromatic carbocycles. The highest BCUT2D eigenvalue weighted by Gasteiger charge is 2.59. The number of carbonyl (C=O) groups is 2. The summed E-state index contributed by atoms with van der Waals surface area (Å²) < 4.78 is 0. The van der Waals surface area contributed by atoms with Crippen LogP contribution in [0, 0.1) is 52.3 Å². The quantitative estimate of drug-likeness (QED) is 0.0384. The number of allylic oxidation sites excluding steroid dienone is 3. The monoisotopic (exact) mass is 889 g/mol. The van der Waals surface area contributed by atoms with E-state index in [-0.39, 0.29) is 29.5 Å². The highest BCUT2D eigenvalue weighted by Crippen LogP contribution is 2.67. The smallest absolute Gasteiger partial charge is 0.143 e. The van der Waals surface area contributed by atoms with Crippen LogP contribution in [0.3, 0.4) is 0 Å². The first-order chi connectivity index (χ1) is 31.1. The molecule has 0 heterocycles. The van der Waals surface area contributed by atoms with Crippen molar-refractivity contribution >= 4 is 11.6 Å². The van der Waals surface area contributed by atoms with Gasteiger partial charge in [0.25, 0.3) is 0 Å². The Bertz CT molecular complexity index is 1330. The maximum atomic E-state index is 14.0. The number of rotatable bonds is 37. The lowest BCUT2D eigenvalue weighted by molar-refractivity contribution is -0.135. The minimum Gasteiger partial charge on any atom is -0.393 e. The molecule has 0 aliphatic heterocycles. The lowest BCUT2D eigenvalue weighted by Gasteiger charge is -2.58. The molecular weight excluding hydrogens is 781 g/mol. The van der Waals surface area contributed by atoms with Crippen molar-refractivity contribution < 1.29 is 14.7 Å². The molecule has 3 nitrogen and oxygen atoms in total. The van der Waals surface area contributed by atoms with Crippen LogP contribution in [-0.2, 0) is 9.59 Å². The fraction of sp³-hybridized carbons (Fsp3) is 0.902. The van der Waals surface area contributed by atoms with Crippen molar-refractivity contribution in [1.82, 2.24) is 0 Å². The first kappa shape index (κ1) is 55.4. The van der Waals surface area contributed by atoms with E-state index in [2.05, 4.69) is 59.8 Å². The number of aliphatic hydroxyl groups excluding tert-OH is 1. The summed E-state index contributed by atoms with van der Waals surface area (Å²) in [6.45, 7) is 14.6. The number of unbranched alkanes of at least 4 members (excludes halogenated alkanes) is 23. The van der Waals surface area contributed by atoms with Crippen molar-refractivity contribution in [2.75, 3.05) is 0 Å². The van der Waals surface area contributed by atoms with Crippen molar-refractivity contribution in [3.8, 4) is 0 Å². The standard InChI is InChI=1S/C61H108O3/c1-7-9-11-13-15-17-19-21-22-24-26-28-30-32-34-39-58(64)59(57(63)38-33-31-29-27-25-23-20-18-16-14-12-10-8-2)50(4)37-35-36-49(3)54-42-43-55-53-41-40-51-48-52(62)44-46-60(51,5)56(53)45-47-61(54,55)6/h21-22,40,49-50,52-56,59,62H,7-20,23-39,41-48H2,1-6H3/t49-,50?,52+,53+,54-,55+,56+,59?,60+,61-/m1/s1. The average Bonchev–Trinajstić information content (AvgIpc) is 3.64. The summed E-state index contributed by atoms with van der Waals surface area (Å²) in [5.74, 6) is 4.20. The van der Waals surface area contributed by atoms with E-state index in [1.165, 1.54) is 186 Å². The minimum absolute atomic E-state index is 0.128. The molecule has 0 aromatic rings. The molecule has 0 radical (unpaired) electrons. The van der Waals surface area contributed by atoms with E-state index < -0.39 is 0 Å². The number of ketones is 2. The second-order valence-corrected chi connectivity index (χ2v) is 23.5. The summed E-state index contributed by atoms with van der Waals surface area (Å²) in [5.41, 5.74) is 2.33. The molecule has 3 saturated carbocycles. The van der Waals surface area contributed by atoms with E-state index in [9.17, 15) is 14.7 Å². The van der Waals surface area contributed by atoms with Crippen molar-refractivity contribution in [2.24, 2.45) is 52.3 Å². The van der Waals surface area contributed by atoms with E-state index in [1.807, 2.05) is 0 Å². The van der Waals surface area contributed by atoms with Gasteiger partial charge in [0.15, 0.2) is 0 Å². The van der Waals surface area contributed by atoms with Gasteiger partial charge in [-0.3, -0.25) is 9.59 Å². The number of Topliss-reactive ketones (excluding diaryl/α,β-unsaturated/α-hetero) is 2. The van der Waals surface area contributed by atoms with E-state index in [4.69, 9.17) is 0 Å². The van der Waals surface area contributed by atoms with Crippen molar-refractivity contribution in [2.45, 2.75) is 298 Å². The van der Waals surface area contributed by atoms with Crippen molar-refractivity contribution in [3.05, 3.63) is 23.8 Å². The van der Waals surface area contributed by atoms with Crippen LogP contribution >= 0.6 is 0 Å². The summed E-state index contributed by atoms with van der Waals surface area (Å²) in [6.07, 6.45) is 55.1. The Labute approximate surface area is 398 Å². The SMILES string of the molecule is CCCCCCCCC=CCCCCCCCC(=O)C(C(=O)CCCCCCCCCCCCCCC)C(C)CCC[C@@H](C)[C@H]1CC[C@H]2[C@@H]3CC=C4C[C@@H](O)CC[C@]4(C)[C@H]3CC[C@]12C. The Balaban J connectivity index is 1.19. The average molecular weight is 890 g/mol. The van der Waals surface area contributed by atoms with Gasteiger partial charge < -0.3 is 5.11 Å². The van der Waals surface area contributed by atoms with Gasteiger partial charge in [0, 0.05) is 12.8 Å². The third-order valence-electron chi connectivity index (χ3n) is 18.6. The molecule has 10 atom stereocenters. The molecule has 3 heteroatoms. The van der Waals surface area contributed by atoms with Gasteiger partial charge in [0.1, 0.15) is 11.6 Å². The predicted molar refractivity (Wildman–Crippen MR) is 277 cm³/mol. The van der Waals surface area contributed by atoms with Gasteiger partial charge in [-0.2, -0.15) is 0 Å². The molecule has 64 heavy (non-hydrogen) atoms. The minimum atomic E-state index is -0.389. The zero-order chi connectivity index (χ0) is 46.0. The third-order valence-corrected chi connectivity index (χ3v) is 18.6. The van der Waals surface area contributed by atoms with Gasteiger partial charge in [-0.05, 0) is 143 Å². The molecule has 3 fully saturated rings. The van der Waals surface area contributed by atoms with E-state index in [1.54, 1.807) is 5.57 Å². The Hall–Kier alpha value is -1.22. The number of carbonyl (C=O) groups excluding carboxylic acids is 2. The van der Waals surface area contributed by atoms with E-state index >= 15 is 0 Å². The van der Waals surface area contributed by atoms with Gasteiger partial charge in [0.05, 0.1) is 12.0 Å². The molecule has 4 aliphatic rings. The van der Waals surface area contributed by atoms with Crippen LogP contribution in [0.4, 0.5) is 0 Å². The van der Waals surface area contributed by atoms with Crippen LogP contribution in [0.2, 0.25) is 0 Å². The largest absolute Gasteiger partial charge is 0.393 e. The second kappa shape index (κ2) is 31.0. The zero-order valence-corrected chi connectivity index (χ0v) is 43.7. The normalized spacial score (nSPS) is 28.0. The van der Waals surface area contributed by atoms with E-state index in [0.717, 1.165) is 75.0 Å². The van der Waals surface area contributed by atoms with Gasteiger partial charge in [-0.15, -0.1) is 0 Å². The van der Waals surface area contributed by atoms with Gasteiger partial charge in [-0.1, -0.05) is 207 Å². The fourth-order valence-electron chi connectivity index (χ4n) is 14.6. The van der Waals surface area contributed by atoms with Gasteiger partial charge in [-0.25, -0.2) is 0 Å². The maximum absolute atomic E-state index is 14.0. The number of fused-ring (bicyclic) bond motifs is 5. The molecule has 0 bridgehead atoms. The van der Waals surface area contributed by atoms with E-state index in [0.29, 0.717) is 29.6 Å². The summed E-state index contributed by atoms with van der Waals surface area (Å²) >= 11 is 0. The molecule has 2 unspecified atom stereocenters. The van der Waals surface area contributed by atoms with Crippen LogP contribution in [0.25, 0.3) is 0 Å². The summed E-state index contributed by atoms with van der Waals surface area (Å²) in [4.78, 5) is 28.0. The Morgan fingerprint density at radius 1 is 0.609 bits per heavy atom. The van der Waals surface area contributed by atoms with Crippen LogP contribution in [0.5, 0.6) is 0 Å². The second-order valence-electron chi connectivity index (χ2n) is 23.5. The molecule has 0 aromatic heterocycles. The third kappa shape index (κ3) is 17.7. The zero-order valence-electron chi connectivity index (χ0n) is 43.7. The van der Waals surface area contributed by atoms with Crippen molar-refractivity contribution in [3.63, 3.8) is 0 Å². The molecule has 0 spiro atoms. The van der Waals surface area contributed by atoms with Crippen LogP contribution in [0.1, 0.15) is 292 Å². The van der Waals surface area contributed by atoms with Crippen LogP contribution in [-0.4, -0.2) is 22.8 Å². The topological polar surface area (TPSA) is 54.4 Å². The Morgan fingerprint density at radius 3 is 1.64 bits per heavy atom. The number of aliphatic hydroxyl groups is 1. The molecular formula is C61H108O3.